The van der Waals surface area contributed by atoms with Gasteiger partial charge in [0.2, 0.25) is 5.76 Å². The largest absolute Gasteiger partial charge is 0.460 e. The van der Waals surface area contributed by atoms with Crippen LogP contribution in [0.25, 0.3) is 11.0 Å². The van der Waals surface area contributed by atoms with E-state index in [1.807, 2.05) is 6.07 Å². The highest BCUT2D eigenvalue weighted by molar-refractivity contribution is 5.96. The molecule has 0 radical (unpaired) electrons. The third-order valence-corrected chi connectivity index (χ3v) is 3.76. The number of carbonyl (C=O) groups excluding carboxylic acids is 2. The Hall–Kier alpha value is -3.59. The second kappa shape index (κ2) is 7.53. The first-order valence-electron chi connectivity index (χ1n) is 7.99. The molecule has 0 fully saturated rings. The van der Waals surface area contributed by atoms with Crippen LogP contribution in [0.1, 0.15) is 39.0 Å². The number of hydrogen-bond acceptors (Lipinski definition) is 6. The van der Waals surface area contributed by atoms with Gasteiger partial charge >= 0.3 is 11.9 Å². The zero-order chi connectivity index (χ0) is 18.5. The van der Waals surface area contributed by atoms with Crippen LogP contribution in [-0.4, -0.2) is 18.5 Å². The number of carbonyl (C=O) groups is 2. The highest BCUT2D eigenvalue weighted by atomic mass is 16.5. The van der Waals surface area contributed by atoms with E-state index in [2.05, 4.69) is 0 Å². The lowest BCUT2D eigenvalue weighted by Crippen LogP contribution is -2.09. The molecule has 0 aliphatic heterocycles. The minimum atomic E-state index is -0.604. The van der Waals surface area contributed by atoms with E-state index in [0.717, 1.165) is 0 Å². The molecule has 1 heterocycles. The van der Waals surface area contributed by atoms with E-state index in [1.54, 1.807) is 31.2 Å². The minimum Gasteiger partial charge on any atom is -0.460 e. The van der Waals surface area contributed by atoms with Gasteiger partial charge in [-0.25, -0.2) is 9.59 Å². The van der Waals surface area contributed by atoms with E-state index >= 15 is 0 Å². The first kappa shape index (κ1) is 17.2. The molecule has 0 saturated carbocycles. The Morgan fingerprint density at radius 2 is 1.77 bits per heavy atom. The van der Waals surface area contributed by atoms with E-state index in [-0.39, 0.29) is 19.0 Å². The summed E-state index contributed by atoms with van der Waals surface area (Å²) in [5, 5.41) is 9.49. The second-order valence-electron chi connectivity index (χ2n) is 5.39. The van der Waals surface area contributed by atoms with Crippen LogP contribution in [0.2, 0.25) is 0 Å². The predicted molar refractivity (Wildman–Crippen MR) is 92.4 cm³/mol. The van der Waals surface area contributed by atoms with Crippen LogP contribution < -0.4 is 0 Å². The number of para-hydroxylation sites is 1. The lowest BCUT2D eigenvalue weighted by molar-refractivity contribution is 0.0435. The molecule has 6 heteroatoms. The van der Waals surface area contributed by atoms with Crippen LogP contribution in [0, 0.1) is 11.3 Å². The van der Waals surface area contributed by atoms with Crippen molar-refractivity contribution in [1.29, 1.82) is 5.26 Å². The Morgan fingerprint density at radius 1 is 1.04 bits per heavy atom. The summed E-state index contributed by atoms with van der Waals surface area (Å²) < 4.78 is 15.9. The predicted octanol–water partition coefficient (Wildman–Crippen LogP) is 3.84. The van der Waals surface area contributed by atoms with Gasteiger partial charge in [0, 0.05) is 5.39 Å². The summed E-state index contributed by atoms with van der Waals surface area (Å²) in [6.07, 6.45) is 0. The van der Waals surface area contributed by atoms with Gasteiger partial charge in [-0.05, 0) is 37.3 Å². The van der Waals surface area contributed by atoms with Crippen molar-refractivity contribution < 1.29 is 23.5 Å². The highest BCUT2D eigenvalue weighted by Crippen LogP contribution is 2.27. The molecule has 0 N–H and O–H groups in total. The summed E-state index contributed by atoms with van der Waals surface area (Å²) in [6.45, 7) is 1.77. The standard InChI is InChI=1S/C20H15NO5/c1-2-24-20(23)18-16(15-5-3-4-6-17(15)26-18)12-25-19(22)14-9-7-13(11-21)8-10-14/h3-10H,2,12H2,1H3. The van der Waals surface area contributed by atoms with E-state index in [0.29, 0.717) is 27.7 Å². The number of fused-ring (bicyclic) bond motifs is 1. The molecule has 6 nitrogen and oxygen atoms in total. The van der Waals surface area contributed by atoms with Gasteiger partial charge in [0.1, 0.15) is 12.2 Å². The van der Waals surface area contributed by atoms with Crippen molar-refractivity contribution in [3.8, 4) is 6.07 Å². The molecule has 0 amide bonds. The van der Waals surface area contributed by atoms with Crippen LogP contribution in [-0.2, 0) is 16.1 Å². The molecule has 2 aromatic carbocycles. The fraction of sp³-hybridized carbons (Fsp3) is 0.150. The van der Waals surface area contributed by atoms with Gasteiger partial charge in [0.25, 0.3) is 0 Å². The van der Waals surface area contributed by atoms with Crippen molar-refractivity contribution in [2.24, 2.45) is 0 Å². The van der Waals surface area contributed by atoms with Crippen molar-refractivity contribution >= 4 is 22.9 Å². The van der Waals surface area contributed by atoms with Crippen LogP contribution >= 0.6 is 0 Å². The number of nitriles is 1. The maximum atomic E-state index is 12.2. The normalized spacial score (nSPS) is 10.3. The fourth-order valence-electron chi connectivity index (χ4n) is 2.51. The van der Waals surface area contributed by atoms with Gasteiger partial charge in [0.15, 0.2) is 0 Å². The number of rotatable bonds is 5. The van der Waals surface area contributed by atoms with Crippen LogP contribution in [0.3, 0.4) is 0 Å². The third-order valence-electron chi connectivity index (χ3n) is 3.76. The molecule has 130 valence electrons. The molecule has 3 aromatic rings. The van der Waals surface area contributed by atoms with Gasteiger partial charge in [-0.1, -0.05) is 18.2 Å². The lowest BCUT2D eigenvalue weighted by Gasteiger charge is -2.06. The Morgan fingerprint density at radius 3 is 2.46 bits per heavy atom. The summed E-state index contributed by atoms with van der Waals surface area (Å²) in [6, 6.07) is 15.2. The summed E-state index contributed by atoms with van der Waals surface area (Å²) in [5.74, 6) is -1.14. The molecule has 0 unspecified atom stereocenters. The average molecular weight is 349 g/mol. The van der Waals surface area contributed by atoms with Crippen molar-refractivity contribution in [3.63, 3.8) is 0 Å². The smallest absolute Gasteiger partial charge is 0.374 e. The second-order valence-corrected chi connectivity index (χ2v) is 5.39. The zero-order valence-electron chi connectivity index (χ0n) is 14.0. The lowest BCUT2D eigenvalue weighted by atomic mass is 10.1. The number of ether oxygens (including phenoxy) is 2. The number of esters is 2. The summed E-state index contributed by atoms with van der Waals surface area (Å²) in [5.41, 5.74) is 1.74. The van der Waals surface area contributed by atoms with E-state index in [9.17, 15) is 9.59 Å². The number of benzene rings is 2. The first-order chi connectivity index (χ1) is 12.6. The molecule has 0 bridgehead atoms. The molecule has 0 saturated heterocycles. The Kier molecular flexibility index (Phi) is 4.99. The van der Waals surface area contributed by atoms with Crippen molar-refractivity contribution in [2.45, 2.75) is 13.5 Å². The van der Waals surface area contributed by atoms with Crippen LogP contribution in [0.5, 0.6) is 0 Å². The van der Waals surface area contributed by atoms with Gasteiger partial charge < -0.3 is 13.9 Å². The van der Waals surface area contributed by atoms with Crippen LogP contribution in [0.15, 0.2) is 52.9 Å². The Labute approximate surface area is 149 Å². The molecule has 3 rings (SSSR count). The van der Waals surface area contributed by atoms with Gasteiger partial charge in [-0.3, -0.25) is 0 Å². The highest BCUT2D eigenvalue weighted by Gasteiger charge is 2.22. The van der Waals surface area contributed by atoms with Gasteiger partial charge in [-0.15, -0.1) is 0 Å². The molecule has 1 aromatic heterocycles. The topological polar surface area (TPSA) is 89.5 Å². The first-order valence-corrected chi connectivity index (χ1v) is 7.99. The molecule has 0 spiro atoms. The molecule has 26 heavy (non-hydrogen) atoms. The van der Waals surface area contributed by atoms with Crippen molar-refractivity contribution in [3.05, 3.63) is 71.0 Å². The van der Waals surface area contributed by atoms with Gasteiger partial charge in [-0.2, -0.15) is 5.26 Å². The molecular formula is C20H15NO5. The SMILES string of the molecule is CCOC(=O)c1oc2ccccc2c1COC(=O)c1ccc(C#N)cc1. The van der Waals surface area contributed by atoms with Crippen LogP contribution in [0.4, 0.5) is 0 Å². The molecule has 0 aliphatic rings. The monoisotopic (exact) mass is 349 g/mol. The average Bonchev–Trinajstić information content (AvgIpc) is 3.05. The molecule has 0 aliphatic carbocycles. The number of nitrogens with zero attached hydrogens (tertiary/aromatic N) is 1. The maximum Gasteiger partial charge on any atom is 0.374 e. The minimum absolute atomic E-state index is 0.0284. The maximum absolute atomic E-state index is 12.2. The quantitative estimate of drug-likeness (QED) is 0.650. The van der Waals surface area contributed by atoms with Gasteiger partial charge in [0.05, 0.1) is 29.4 Å². The van der Waals surface area contributed by atoms with E-state index in [4.69, 9.17) is 19.2 Å². The molecular weight excluding hydrogens is 334 g/mol. The van der Waals surface area contributed by atoms with Crippen molar-refractivity contribution in [2.75, 3.05) is 6.61 Å². The third kappa shape index (κ3) is 3.42. The Bertz CT molecular complexity index is 995. The zero-order valence-corrected chi connectivity index (χ0v) is 14.0. The summed E-state index contributed by atoms with van der Waals surface area (Å²) >= 11 is 0. The number of hydrogen-bond donors (Lipinski definition) is 0. The van der Waals surface area contributed by atoms with E-state index in [1.165, 1.54) is 24.3 Å². The number of furan rings is 1. The summed E-state index contributed by atoms with van der Waals surface area (Å²) in [4.78, 5) is 24.4. The fourth-order valence-corrected chi connectivity index (χ4v) is 2.51. The van der Waals surface area contributed by atoms with E-state index < -0.39 is 11.9 Å². The Balaban J connectivity index is 1.85. The molecule has 0 atom stereocenters. The van der Waals surface area contributed by atoms with Crippen molar-refractivity contribution in [1.82, 2.24) is 0 Å². The summed E-state index contributed by atoms with van der Waals surface area (Å²) in [7, 11) is 0.